The van der Waals surface area contributed by atoms with E-state index in [0.717, 1.165) is 8.78 Å². The first-order chi connectivity index (χ1) is 17.5. The first-order valence-corrected chi connectivity index (χ1v) is 14.4. The van der Waals surface area contributed by atoms with Crippen LogP contribution in [0.5, 0.6) is 0 Å². The lowest BCUT2D eigenvalue weighted by Crippen LogP contribution is -2.51. The van der Waals surface area contributed by atoms with E-state index in [1.807, 2.05) is 0 Å². The Kier molecular flexibility index (Phi) is 10.0. The molecule has 0 radical (unpaired) electrons. The average molecular weight is 627 g/mol. The van der Waals surface area contributed by atoms with Gasteiger partial charge in [-0.15, -0.1) is 0 Å². The number of carbonyl (C=O) groups is 2. The van der Waals surface area contributed by atoms with Crippen LogP contribution in [0.4, 0.5) is 5.69 Å². The van der Waals surface area contributed by atoms with E-state index < -0.39 is 28.5 Å². The van der Waals surface area contributed by atoms with Gasteiger partial charge in [0.25, 0.3) is 10.0 Å². The molecule has 0 fully saturated rings. The van der Waals surface area contributed by atoms with Crippen molar-refractivity contribution in [1.82, 2.24) is 10.2 Å². The van der Waals surface area contributed by atoms with Gasteiger partial charge in [0.1, 0.15) is 12.6 Å². The maximum Gasteiger partial charge on any atom is 0.264 e. The molecule has 2 amide bonds. The van der Waals surface area contributed by atoms with E-state index in [1.165, 1.54) is 17.0 Å². The van der Waals surface area contributed by atoms with Gasteiger partial charge in [-0.3, -0.25) is 13.9 Å². The van der Waals surface area contributed by atoms with Crippen molar-refractivity contribution in [3.63, 3.8) is 0 Å². The molecule has 3 rings (SSSR count). The van der Waals surface area contributed by atoms with Crippen molar-refractivity contribution in [2.24, 2.45) is 0 Å². The highest BCUT2D eigenvalue weighted by molar-refractivity contribution is 9.10. The first kappa shape index (κ1) is 29.0. The second-order valence-electron chi connectivity index (χ2n) is 8.14. The van der Waals surface area contributed by atoms with Crippen molar-refractivity contribution >= 4 is 66.7 Å². The zero-order chi connectivity index (χ0) is 27.2. The van der Waals surface area contributed by atoms with Gasteiger partial charge < -0.3 is 10.2 Å². The van der Waals surface area contributed by atoms with Gasteiger partial charge in [0, 0.05) is 17.6 Å². The molecule has 37 heavy (non-hydrogen) atoms. The maximum atomic E-state index is 13.7. The fraction of sp³-hybridized carbons (Fsp3) is 0.231. The molecule has 1 atom stereocenters. The first-order valence-electron chi connectivity index (χ1n) is 11.4. The molecule has 7 nitrogen and oxygen atoms in total. The van der Waals surface area contributed by atoms with Crippen LogP contribution in [0.15, 0.2) is 82.2 Å². The van der Waals surface area contributed by atoms with Crippen LogP contribution in [0.1, 0.15) is 19.4 Å². The summed E-state index contributed by atoms with van der Waals surface area (Å²) < 4.78 is 29.1. The summed E-state index contributed by atoms with van der Waals surface area (Å²) in [6, 6.07) is 18.5. The number of halogens is 3. The number of carbonyl (C=O) groups excluding carboxylic acids is 2. The van der Waals surface area contributed by atoms with Crippen LogP contribution in [0.3, 0.4) is 0 Å². The molecular formula is C26H26BrCl2N3O4S. The third kappa shape index (κ3) is 7.25. The van der Waals surface area contributed by atoms with E-state index in [9.17, 15) is 18.0 Å². The van der Waals surface area contributed by atoms with Crippen LogP contribution in [0, 0.1) is 0 Å². The number of nitrogens with one attached hydrogen (secondary N) is 1. The topological polar surface area (TPSA) is 86.8 Å². The van der Waals surface area contributed by atoms with Gasteiger partial charge in [-0.2, -0.15) is 0 Å². The minimum Gasteiger partial charge on any atom is -0.355 e. The summed E-state index contributed by atoms with van der Waals surface area (Å²) in [7, 11) is -4.11. The van der Waals surface area contributed by atoms with E-state index in [1.54, 1.807) is 74.5 Å². The Morgan fingerprint density at radius 1 is 0.973 bits per heavy atom. The Morgan fingerprint density at radius 2 is 1.62 bits per heavy atom. The van der Waals surface area contributed by atoms with Crippen LogP contribution < -0.4 is 9.62 Å². The molecule has 0 bridgehead atoms. The van der Waals surface area contributed by atoms with Crippen LogP contribution in [0.2, 0.25) is 10.0 Å². The molecular weight excluding hydrogens is 601 g/mol. The lowest BCUT2D eigenvalue weighted by atomic mass is 10.1. The predicted octanol–water partition coefficient (Wildman–Crippen LogP) is 5.50. The van der Waals surface area contributed by atoms with Crippen LogP contribution in [0.25, 0.3) is 0 Å². The minimum absolute atomic E-state index is 0.0214. The van der Waals surface area contributed by atoms with E-state index >= 15 is 0 Å². The molecule has 11 heteroatoms. The van der Waals surface area contributed by atoms with Crippen LogP contribution in [-0.4, -0.2) is 44.3 Å². The van der Waals surface area contributed by atoms with Crippen molar-refractivity contribution in [2.45, 2.75) is 31.3 Å². The van der Waals surface area contributed by atoms with Crippen molar-refractivity contribution in [1.29, 1.82) is 0 Å². The lowest BCUT2D eigenvalue weighted by molar-refractivity contribution is -0.139. The monoisotopic (exact) mass is 625 g/mol. The zero-order valence-corrected chi connectivity index (χ0v) is 24.1. The molecule has 0 unspecified atom stereocenters. The SMILES string of the molecule is CCNC(=O)[C@@H](C)N(Cc1ccc(Cl)c(Cl)c1)C(=O)CN(c1ccc(Br)cc1)S(=O)(=O)c1ccccc1. The number of nitrogens with zero attached hydrogens (tertiary/aromatic N) is 2. The number of benzene rings is 3. The molecule has 0 saturated carbocycles. The van der Waals surface area contributed by atoms with Gasteiger partial charge in [0.15, 0.2) is 0 Å². The summed E-state index contributed by atoms with van der Waals surface area (Å²) in [4.78, 5) is 27.8. The lowest BCUT2D eigenvalue weighted by Gasteiger charge is -2.32. The Balaban J connectivity index is 2.02. The van der Waals surface area contributed by atoms with Crippen molar-refractivity contribution in [3.8, 4) is 0 Å². The number of amides is 2. The third-order valence-corrected chi connectivity index (χ3v) is 8.64. The molecule has 1 N–H and O–H groups in total. The van der Waals surface area contributed by atoms with Crippen molar-refractivity contribution < 1.29 is 18.0 Å². The fourth-order valence-corrected chi connectivity index (χ4v) is 5.62. The van der Waals surface area contributed by atoms with Gasteiger partial charge in [0.2, 0.25) is 11.8 Å². The van der Waals surface area contributed by atoms with Crippen LogP contribution >= 0.6 is 39.1 Å². The summed E-state index contributed by atoms with van der Waals surface area (Å²) in [6.45, 7) is 3.25. The number of anilines is 1. The molecule has 3 aromatic rings. The van der Waals surface area contributed by atoms with Crippen LogP contribution in [-0.2, 0) is 26.2 Å². The summed E-state index contributed by atoms with van der Waals surface area (Å²) in [5, 5.41) is 3.38. The van der Waals surface area contributed by atoms with Crippen molar-refractivity contribution in [3.05, 3.63) is 92.9 Å². The van der Waals surface area contributed by atoms with Gasteiger partial charge in [0.05, 0.1) is 20.6 Å². The zero-order valence-electron chi connectivity index (χ0n) is 20.2. The summed E-state index contributed by atoms with van der Waals surface area (Å²) in [6.07, 6.45) is 0. The molecule has 0 aliphatic heterocycles. The normalized spacial score (nSPS) is 12.0. The van der Waals surface area contributed by atoms with Crippen molar-refractivity contribution in [2.75, 3.05) is 17.4 Å². The highest BCUT2D eigenvalue weighted by atomic mass is 79.9. The molecule has 0 heterocycles. The standard InChI is InChI=1S/C26H26BrCl2N3O4S/c1-3-30-26(34)18(2)31(16-19-9-14-23(28)24(29)15-19)25(33)17-32(21-12-10-20(27)11-13-21)37(35,36)22-7-5-4-6-8-22/h4-15,18H,3,16-17H2,1-2H3,(H,30,34)/t18-/m1/s1. The smallest absolute Gasteiger partial charge is 0.264 e. The highest BCUT2D eigenvalue weighted by Crippen LogP contribution is 2.27. The van der Waals surface area contributed by atoms with E-state index in [4.69, 9.17) is 23.2 Å². The average Bonchev–Trinajstić information content (AvgIpc) is 2.88. The number of sulfonamides is 1. The Labute approximate surface area is 235 Å². The summed E-state index contributed by atoms with van der Waals surface area (Å²) >= 11 is 15.6. The molecule has 0 aliphatic rings. The van der Waals surface area contributed by atoms with E-state index in [2.05, 4.69) is 21.2 Å². The largest absolute Gasteiger partial charge is 0.355 e. The second kappa shape index (κ2) is 12.8. The number of rotatable bonds is 10. The number of hydrogen-bond donors (Lipinski definition) is 1. The fourth-order valence-electron chi connectivity index (χ4n) is 3.60. The van der Waals surface area contributed by atoms with Gasteiger partial charge in [-0.25, -0.2) is 8.42 Å². The Morgan fingerprint density at radius 3 is 2.22 bits per heavy atom. The second-order valence-corrected chi connectivity index (χ2v) is 11.7. The maximum absolute atomic E-state index is 13.7. The Hall–Kier alpha value is -2.59. The van der Waals surface area contributed by atoms with Gasteiger partial charge in [-0.1, -0.05) is 63.4 Å². The molecule has 3 aromatic carbocycles. The van der Waals surface area contributed by atoms with E-state index in [-0.39, 0.29) is 17.3 Å². The predicted molar refractivity (Wildman–Crippen MR) is 150 cm³/mol. The van der Waals surface area contributed by atoms with Gasteiger partial charge >= 0.3 is 0 Å². The number of likely N-dealkylation sites (N-methyl/N-ethyl adjacent to an activating group) is 1. The molecule has 0 saturated heterocycles. The van der Waals surface area contributed by atoms with Gasteiger partial charge in [-0.05, 0) is 67.9 Å². The molecule has 0 aliphatic carbocycles. The molecule has 0 spiro atoms. The Bertz CT molecular complexity index is 1360. The third-order valence-electron chi connectivity index (χ3n) is 5.58. The minimum atomic E-state index is -4.11. The number of hydrogen-bond acceptors (Lipinski definition) is 4. The summed E-state index contributed by atoms with van der Waals surface area (Å²) in [5.41, 5.74) is 0.945. The quantitative estimate of drug-likeness (QED) is 0.322. The molecule has 196 valence electrons. The summed E-state index contributed by atoms with van der Waals surface area (Å²) in [5.74, 6) is -0.927. The highest BCUT2D eigenvalue weighted by Gasteiger charge is 2.32. The van der Waals surface area contributed by atoms with E-state index in [0.29, 0.717) is 27.8 Å². The molecule has 0 aromatic heterocycles.